The zero-order valence-corrected chi connectivity index (χ0v) is 20.4. The largest absolute Gasteiger partial charge is 0.534 e. The molecule has 1 saturated heterocycles. The molecule has 2 heterocycles. The van der Waals surface area contributed by atoms with Crippen molar-refractivity contribution in [3.63, 3.8) is 0 Å². The van der Waals surface area contributed by atoms with Crippen LogP contribution in [0.15, 0.2) is 45.6 Å². The maximum atomic E-state index is 13.0. The fourth-order valence-electron chi connectivity index (χ4n) is 3.86. The van der Waals surface area contributed by atoms with E-state index in [0.717, 1.165) is 18.2 Å². The third-order valence-corrected chi connectivity index (χ3v) is 6.83. The van der Waals surface area contributed by atoms with Crippen molar-refractivity contribution >= 4 is 38.1 Å². The second-order valence-corrected chi connectivity index (χ2v) is 10.6. The number of nitrogens with one attached hydrogen (secondary N) is 1. The summed E-state index contributed by atoms with van der Waals surface area (Å²) in [6, 6.07) is 7.62. The second-order valence-electron chi connectivity index (χ2n) is 9.09. The lowest BCUT2D eigenvalue weighted by Crippen LogP contribution is -2.61. The van der Waals surface area contributed by atoms with E-state index in [1.807, 2.05) is 0 Å². The molecule has 0 atom stereocenters. The summed E-state index contributed by atoms with van der Waals surface area (Å²) in [5.74, 6) is -1.54. The molecular formula is C23H22F3NO9S. The Morgan fingerprint density at radius 3 is 2.38 bits per heavy atom. The number of rotatable bonds is 6. The summed E-state index contributed by atoms with van der Waals surface area (Å²) in [7, 11) is -5.91. The first-order valence-corrected chi connectivity index (χ1v) is 12.3. The van der Waals surface area contributed by atoms with E-state index in [1.54, 1.807) is 26.0 Å². The molecular weight excluding hydrogens is 523 g/mol. The lowest BCUT2D eigenvalue weighted by Gasteiger charge is -2.43. The Balaban J connectivity index is 1.61. The fraction of sp³-hybridized carbons (Fsp3) is 0.391. The van der Waals surface area contributed by atoms with Crippen LogP contribution in [0, 0.1) is 0 Å². The summed E-state index contributed by atoms with van der Waals surface area (Å²) in [5.41, 5.74) is -6.32. The van der Waals surface area contributed by atoms with E-state index in [4.69, 9.17) is 13.9 Å². The highest BCUT2D eigenvalue weighted by atomic mass is 32.2. The van der Waals surface area contributed by atoms with Gasteiger partial charge in [0.05, 0.1) is 29.5 Å². The predicted molar refractivity (Wildman–Crippen MR) is 124 cm³/mol. The van der Waals surface area contributed by atoms with E-state index < -0.39 is 44.2 Å². The number of benzene rings is 2. The first-order chi connectivity index (χ1) is 17.1. The summed E-state index contributed by atoms with van der Waals surface area (Å²) < 4.78 is 81.6. The van der Waals surface area contributed by atoms with Crippen LogP contribution in [0.5, 0.6) is 5.75 Å². The van der Waals surface area contributed by atoms with Crippen LogP contribution < -0.4 is 14.9 Å². The van der Waals surface area contributed by atoms with Crippen molar-refractivity contribution in [2.45, 2.75) is 43.5 Å². The van der Waals surface area contributed by atoms with Gasteiger partial charge in [-0.1, -0.05) is 6.07 Å². The van der Waals surface area contributed by atoms with Gasteiger partial charge in [-0.2, -0.15) is 21.6 Å². The summed E-state index contributed by atoms with van der Waals surface area (Å²) in [4.78, 5) is 24.3. The van der Waals surface area contributed by atoms with Crippen LogP contribution in [0.3, 0.4) is 0 Å². The summed E-state index contributed by atoms with van der Waals surface area (Å²) in [5, 5.41) is 11.7. The monoisotopic (exact) mass is 545 g/mol. The Kier molecular flexibility index (Phi) is 6.63. The molecule has 1 fully saturated rings. The van der Waals surface area contributed by atoms with Crippen LogP contribution in [-0.2, 0) is 26.0 Å². The third-order valence-electron chi connectivity index (χ3n) is 5.85. The topological polar surface area (TPSA) is 141 Å². The number of hydrogen-bond acceptors (Lipinski definition) is 8. The summed E-state index contributed by atoms with van der Waals surface area (Å²) in [6.45, 7) is 3.62. The highest BCUT2D eigenvalue weighted by Crippen LogP contribution is 2.30. The van der Waals surface area contributed by atoms with E-state index in [0.29, 0.717) is 18.4 Å². The molecule has 14 heteroatoms. The fourth-order valence-corrected chi connectivity index (χ4v) is 4.31. The quantitative estimate of drug-likeness (QED) is 0.268. The first kappa shape index (κ1) is 26.7. The van der Waals surface area contributed by atoms with Gasteiger partial charge in [-0.3, -0.25) is 4.79 Å². The minimum absolute atomic E-state index is 0.00623. The SMILES string of the molecule is CC1(C)OCC(CCc2ccc3c(=O)c4cc(OS(=O)(=O)C(F)(F)F)ccc4oc3c2)(NC(=O)O)CO1. The number of carboxylic acid groups (broad SMARTS) is 1. The van der Waals surface area contributed by atoms with Gasteiger partial charge >= 0.3 is 21.7 Å². The van der Waals surface area contributed by atoms with E-state index in [1.165, 1.54) is 6.07 Å². The normalized spacial score (nSPS) is 17.5. The molecule has 1 aliphatic rings. The number of carbonyl (C=O) groups is 1. The van der Waals surface area contributed by atoms with Crippen molar-refractivity contribution in [1.82, 2.24) is 5.32 Å². The molecule has 200 valence electrons. The molecule has 1 aromatic heterocycles. The molecule has 2 aromatic carbocycles. The average Bonchev–Trinajstić information content (AvgIpc) is 2.79. The second kappa shape index (κ2) is 9.19. The maximum absolute atomic E-state index is 13.0. The van der Waals surface area contributed by atoms with Gasteiger partial charge in [0, 0.05) is 0 Å². The molecule has 0 spiro atoms. The highest BCUT2D eigenvalue weighted by Gasteiger charge is 2.48. The number of halogens is 3. The van der Waals surface area contributed by atoms with Crippen LogP contribution in [-0.4, -0.2) is 49.7 Å². The summed E-state index contributed by atoms with van der Waals surface area (Å²) >= 11 is 0. The van der Waals surface area contributed by atoms with E-state index >= 15 is 0 Å². The summed E-state index contributed by atoms with van der Waals surface area (Å²) in [6.07, 6.45) is -0.547. The minimum atomic E-state index is -5.91. The molecule has 1 amide bonds. The van der Waals surface area contributed by atoms with Crippen molar-refractivity contribution in [3.05, 3.63) is 52.2 Å². The van der Waals surface area contributed by atoms with Crippen LogP contribution >= 0.6 is 0 Å². The number of fused-ring (bicyclic) bond motifs is 2. The van der Waals surface area contributed by atoms with Gasteiger partial charge in [-0.15, -0.1) is 0 Å². The molecule has 4 rings (SSSR count). The lowest BCUT2D eigenvalue weighted by molar-refractivity contribution is -0.271. The molecule has 0 bridgehead atoms. The van der Waals surface area contributed by atoms with Gasteiger partial charge in [0.25, 0.3) is 0 Å². The zero-order valence-electron chi connectivity index (χ0n) is 19.5. The van der Waals surface area contributed by atoms with Crippen molar-refractivity contribution in [2.75, 3.05) is 13.2 Å². The molecule has 0 unspecified atom stereocenters. The van der Waals surface area contributed by atoms with Crippen LogP contribution in [0.1, 0.15) is 25.8 Å². The van der Waals surface area contributed by atoms with Gasteiger partial charge in [-0.05, 0) is 62.6 Å². The third kappa shape index (κ3) is 5.65. The average molecular weight is 545 g/mol. The number of amides is 1. The van der Waals surface area contributed by atoms with Crippen molar-refractivity contribution < 1.29 is 49.6 Å². The molecule has 0 aliphatic carbocycles. The molecule has 1 aliphatic heterocycles. The number of alkyl halides is 3. The van der Waals surface area contributed by atoms with Gasteiger partial charge in [0.15, 0.2) is 5.79 Å². The predicted octanol–water partition coefficient (Wildman–Crippen LogP) is 3.90. The van der Waals surface area contributed by atoms with Gasteiger partial charge < -0.3 is 28.5 Å². The molecule has 2 N–H and O–H groups in total. The number of hydrogen-bond donors (Lipinski definition) is 2. The molecule has 3 aromatic rings. The number of ether oxygens (including phenoxy) is 2. The molecule has 10 nitrogen and oxygen atoms in total. The van der Waals surface area contributed by atoms with Gasteiger partial charge in [0.1, 0.15) is 16.9 Å². The standard InChI is InChI=1S/C23H22F3NO9S/c1-21(2)33-11-22(12-34-21,27-20(29)30)8-7-13-3-5-15-18(9-13)35-17-6-4-14(10-16(17)19(15)28)36-37(31,32)23(24,25)26/h3-6,9-10,27H,7-8,11-12H2,1-2H3,(H,29,30). The number of aryl methyl sites for hydroxylation is 1. The minimum Gasteiger partial charge on any atom is -0.465 e. The Morgan fingerprint density at radius 1 is 1.08 bits per heavy atom. The Labute approximate surface area is 208 Å². The Bertz CT molecular complexity index is 1520. The first-order valence-electron chi connectivity index (χ1n) is 10.9. The van der Waals surface area contributed by atoms with Crippen LogP contribution in [0.2, 0.25) is 0 Å². The van der Waals surface area contributed by atoms with Gasteiger partial charge in [-0.25, -0.2) is 4.79 Å². The molecule has 0 radical (unpaired) electrons. The Hall–Kier alpha value is -3.36. The van der Waals surface area contributed by atoms with Gasteiger partial charge in [0.2, 0.25) is 5.43 Å². The van der Waals surface area contributed by atoms with E-state index in [-0.39, 0.29) is 35.2 Å². The van der Waals surface area contributed by atoms with Crippen LogP contribution in [0.25, 0.3) is 21.9 Å². The van der Waals surface area contributed by atoms with Crippen molar-refractivity contribution in [2.24, 2.45) is 0 Å². The zero-order chi connectivity index (χ0) is 27.2. The Morgan fingerprint density at radius 2 is 1.76 bits per heavy atom. The highest BCUT2D eigenvalue weighted by molar-refractivity contribution is 7.88. The smallest absolute Gasteiger partial charge is 0.465 e. The van der Waals surface area contributed by atoms with Crippen LogP contribution in [0.4, 0.5) is 18.0 Å². The molecule has 37 heavy (non-hydrogen) atoms. The van der Waals surface area contributed by atoms with Crippen molar-refractivity contribution in [1.29, 1.82) is 0 Å². The molecule has 0 saturated carbocycles. The van der Waals surface area contributed by atoms with Crippen molar-refractivity contribution in [3.8, 4) is 5.75 Å². The van der Waals surface area contributed by atoms with E-state index in [2.05, 4.69) is 9.50 Å². The maximum Gasteiger partial charge on any atom is 0.534 e. The lowest BCUT2D eigenvalue weighted by atomic mass is 9.91. The van der Waals surface area contributed by atoms with E-state index in [9.17, 15) is 36.3 Å².